The summed E-state index contributed by atoms with van der Waals surface area (Å²) in [5, 5.41) is 13.6. The van der Waals surface area contributed by atoms with Crippen molar-refractivity contribution in [1.82, 2.24) is 0 Å². The zero-order chi connectivity index (χ0) is 13.1. The second-order valence-electron chi connectivity index (χ2n) is 4.04. The number of rotatable bonds is 3. The summed E-state index contributed by atoms with van der Waals surface area (Å²) in [6.07, 6.45) is 1.58. The minimum absolute atomic E-state index is 0.0405. The molecule has 1 heterocycles. The van der Waals surface area contributed by atoms with Crippen LogP contribution in [0.4, 0.5) is 20.2 Å². The molecule has 0 unspecified atom stereocenters. The SMILES string of the molecule is O=[N+]([O-])c1ccc(F)c(F)c1NC1CCSCC1. The van der Waals surface area contributed by atoms with Gasteiger partial charge in [-0.3, -0.25) is 10.1 Å². The Balaban J connectivity index is 2.29. The van der Waals surface area contributed by atoms with Gasteiger partial charge in [-0.2, -0.15) is 11.8 Å². The summed E-state index contributed by atoms with van der Waals surface area (Å²) in [7, 11) is 0. The van der Waals surface area contributed by atoms with Crippen LogP contribution in [0.3, 0.4) is 0 Å². The number of hydrogen-bond acceptors (Lipinski definition) is 4. The van der Waals surface area contributed by atoms with Crippen molar-refractivity contribution in [2.75, 3.05) is 16.8 Å². The molecule has 1 aromatic carbocycles. The third kappa shape index (κ3) is 2.72. The third-order valence-corrected chi connectivity index (χ3v) is 3.89. The molecular formula is C11H12F2N2O2S. The minimum atomic E-state index is -1.18. The average Bonchev–Trinajstić information content (AvgIpc) is 2.36. The van der Waals surface area contributed by atoms with E-state index < -0.39 is 22.2 Å². The fourth-order valence-corrected chi connectivity index (χ4v) is 2.98. The quantitative estimate of drug-likeness (QED) is 0.679. The number of nitro benzene ring substituents is 1. The third-order valence-electron chi connectivity index (χ3n) is 2.84. The maximum atomic E-state index is 13.6. The van der Waals surface area contributed by atoms with Gasteiger partial charge >= 0.3 is 0 Å². The molecule has 0 atom stereocenters. The molecule has 1 aliphatic rings. The molecule has 0 bridgehead atoms. The normalized spacial score (nSPS) is 16.6. The molecule has 7 heteroatoms. The zero-order valence-electron chi connectivity index (χ0n) is 9.49. The van der Waals surface area contributed by atoms with Gasteiger partial charge in [-0.05, 0) is 30.4 Å². The first kappa shape index (κ1) is 13.1. The highest BCUT2D eigenvalue weighted by atomic mass is 32.2. The van der Waals surface area contributed by atoms with Crippen LogP contribution < -0.4 is 5.32 Å². The maximum Gasteiger partial charge on any atom is 0.295 e. The number of thioether (sulfide) groups is 1. The number of hydrogen-bond donors (Lipinski definition) is 1. The van der Waals surface area contributed by atoms with Gasteiger partial charge in [-0.25, -0.2) is 8.78 Å². The molecule has 1 fully saturated rings. The molecule has 98 valence electrons. The van der Waals surface area contributed by atoms with Crippen LogP contribution in [0.25, 0.3) is 0 Å². The lowest BCUT2D eigenvalue weighted by atomic mass is 10.1. The summed E-state index contributed by atoms with van der Waals surface area (Å²) >= 11 is 1.79. The molecule has 0 aromatic heterocycles. The van der Waals surface area contributed by atoms with Crippen molar-refractivity contribution in [2.24, 2.45) is 0 Å². The van der Waals surface area contributed by atoms with Crippen LogP contribution >= 0.6 is 11.8 Å². The fourth-order valence-electron chi connectivity index (χ4n) is 1.88. The monoisotopic (exact) mass is 274 g/mol. The summed E-state index contributed by atoms with van der Waals surface area (Å²) < 4.78 is 26.8. The largest absolute Gasteiger partial charge is 0.374 e. The number of nitrogens with one attached hydrogen (secondary N) is 1. The van der Waals surface area contributed by atoms with E-state index in [1.54, 1.807) is 11.8 Å². The van der Waals surface area contributed by atoms with E-state index in [-0.39, 0.29) is 11.7 Å². The van der Waals surface area contributed by atoms with Crippen molar-refractivity contribution in [2.45, 2.75) is 18.9 Å². The van der Waals surface area contributed by atoms with E-state index in [1.165, 1.54) is 0 Å². The smallest absolute Gasteiger partial charge is 0.295 e. The molecule has 1 N–H and O–H groups in total. The predicted molar refractivity (Wildman–Crippen MR) is 67.0 cm³/mol. The van der Waals surface area contributed by atoms with Gasteiger partial charge < -0.3 is 5.32 Å². The van der Waals surface area contributed by atoms with E-state index >= 15 is 0 Å². The molecule has 1 saturated heterocycles. The second kappa shape index (κ2) is 5.51. The van der Waals surface area contributed by atoms with Crippen molar-refractivity contribution >= 4 is 23.1 Å². The van der Waals surface area contributed by atoms with Crippen LogP contribution in [0.5, 0.6) is 0 Å². The van der Waals surface area contributed by atoms with Crippen LogP contribution in [-0.2, 0) is 0 Å². The van der Waals surface area contributed by atoms with E-state index in [2.05, 4.69) is 5.32 Å². The Kier molecular flexibility index (Phi) is 4.00. The molecule has 1 aliphatic heterocycles. The van der Waals surface area contributed by atoms with Gasteiger partial charge in [0.25, 0.3) is 5.69 Å². The molecule has 0 aliphatic carbocycles. The topological polar surface area (TPSA) is 55.2 Å². The van der Waals surface area contributed by atoms with Gasteiger partial charge in [0.2, 0.25) is 0 Å². The number of anilines is 1. The van der Waals surface area contributed by atoms with Crippen LogP contribution in [0.2, 0.25) is 0 Å². The Hall–Kier alpha value is -1.37. The Morgan fingerprint density at radius 1 is 1.33 bits per heavy atom. The molecule has 18 heavy (non-hydrogen) atoms. The summed E-state index contributed by atoms with van der Waals surface area (Å²) in [6.45, 7) is 0. The van der Waals surface area contributed by atoms with E-state index in [9.17, 15) is 18.9 Å². The van der Waals surface area contributed by atoms with Crippen LogP contribution in [0, 0.1) is 21.7 Å². The van der Waals surface area contributed by atoms with Gasteiger partial charge in [-0.15, -0.1) is 0 Å². The molecule has 2 rings (SSSR count). The first-order valence-corrected chi connectivity index (χ1v) is 6.71. The van der Waals surface area contributed by atoms with E-state index in [0.29, 0.717) is 0 Å². The minimum Gasteiger partial charge on any atom is -0.374 e. The number of halogens is 2. The molecule has 4 nitrogen and oxygen atoms in total. The lowest BCUT2D eigenvalue weighted by Gasteiger charge is -2.23. The first-order valence-electron chi connectivity index (χ1n) is 5.56. The summed E-state index contributed by atoms with van der Waals surface area (Å²) in [5.74, 6) is -0.416. The maximum absolute atomic E-state index is 13.6. The highest BCUT2D eigenvalue weighted by Gasteiger charge is 2.24. The Bertz CT molecular complexity index is 465. The van der Waals surface area contributed by atoms with Crippen LogP contribution in [0.15, 0.2) is 12.1 Å². The van der Waals surface area contributed by atoms with Crippen molar-refractivity contribution < 1.29 is 13.7 Å². The Labute approximate surface area is 107 Å². The molecule has 0 radical (unpaired) electrons. The van der Waals surface area contributed by atoms with Gasteiger partial charge in [0, 0.05) is 12.1 Å². The second-order valence-corrected chi connectivity index (χ2v) is 5.27. The summed E-state index contributed by atoms with van der Waals surface area (Å²) in [5.41, 5.74) is -0.760. The lowest BCUT2D eigenvalue weighted by Crippen LogP contribution is -2.25. The molecule has 0 saturated carbocycles. The molecule has 0 amide bonds. The van der Waals surface area contributed by atoms with Gasteiger partial charge in [0.05, 0.1) is 4.92 Å². The van der Waals surface area contributed by atoms with Crippen molar-refractivity contribution in [3.8, 4) is 0 Å². The summed E-state index contributed by atoms with van der Waals surface area (Å²) in [6, 6.07) is 1.72. The van der Waals surface area contributed by atoms with Gasteiger partial charge in [0.1, 0.15) is 0 Å². The highest BCUT2D eigenvalue weighted by Crippen LogP contribution is 2.31. The van der Waals surface area contributed by atoms with Gasteiger partial charge in [0.15, 0.2) is 17.3 Å². The van der Waals surface area contributed by atoms with E-state index in [4.69, 9.17) is 0 Å². The zero-order valence-corrected chi connectivity index (χ0v) is 10.3. The first-order chi connectivity index (χ1) is 8.59. The summed E-state index contributed by atoms with van der Waals surface area (Å²) in [4.78, 5) is 10.1. The number of nitro groups is 1. The van der Waals surface area contributed by atoms with Crippen molar-refractivity contribution in [1.29, 1.82) is 0 Å². The fraction of sp³-hybridized carbons (Fsp3) is 0.455. The average molecular weight is 274 g/mol. The Morgan fingerprint density at radius 3 is 2.61 bits per heavy atom. The number of benzene rings is 1. The number of nitrogens with zero attached hydrogens (tertiary/aromatic N) is 1. The van der Waals surface area contributed by atoms with E-state index in [0.717, 1.165) is 36.5 Å². The lowest BCUT2D eigenvalue weighted by molar-refractivity contribution is -0.384. The van der Waals surface area contributed by atoms with Crippen molar-refractivity contribution in [3.05, 3.63) is 33.9 Å². The predicted octanol–water partition coefficient (Wildman–Crippen LogP) is 3.18. The molecular weight excluding hydrogens is 262 g/mol. The van der Waals surface area contributed by atoms with Crippen LogP contribution in [0.1, 0.15) is 12.8 Å². The van der Waals surface area contributed by atoms with Crippen LogP contribution in [-0.4, -0.2) is 22.5 Å². The highest BCUT2D eigenvalue weighted by molar-refractivity contribution is 7.99. The molecule has 0 spiro atoms. The molecule has 1 aromatic rings. The standard InChI is InChI=1S/C11H12F2N2O2S/c12-8-1-2-9(15(16)17)11(10(8)13)14-7-3-5-18-6-4-7/h1-2,7,14H,3-6H2. The van der Waals surface area contributed by atoms with Gasteiger partial charge in [-0.1, -0.05) is 0 Å². The Morgan fingerprint density at radius 2 is 2.00 bits per heavy atom. The van der Waals surface area contributed by atoms with Crippen molar-refractivity contribution in [3.63, 3.8) is 0 Å². The van der Waals surface area contributed by atoms with E-state index in [1.807, 2.05) is 0 Å².